The molecule has 0 unspecified atom stereocenters. The summed E-state index contributed by atoms with van der Waals surface area (Å²) in [4.78, 5) is 15.4. The van der Waals surface area contributed by atoms with Gasteiger partial charge in [0.05, 0.1) is 10.6 Å². The van der Waals surface area contributed by atoms with Gasteiger partial charge in [0.25, 0.3) is 10.0 Å². The van der Waals surface area contributed by atoms with Crippen molar-refractivity contribution < 1.29 is 13.2 Å². The monoisotopic (exact) mass is 527 g/mol. The molecule has 1 amide bonds. The molecule has 33 heavy (non-hydrogen) atoms. The predicted molar refractivity (Wildman–Crippen MR) is 136 cm³/mol. The molecule has 0 atom stereocenters. The molecule has 6 nitrogen and oxygen atoms in total. The van der Waals surface area contributed by atoms with Crippen molar-refractivity contribution in [1.29, 1.82) is 0 Å². The lowest BCUT2D eigenvalue weighted by Gasteiger charge is -2.24. The normalized spacial score (nSPS) is 13.7. The summed E-state index contributed by atoms with van der Waals surface area (Å²) >= 11 is 3.37. The quantitative estimate of drug-likeness (QED) is 0.458. The molecule has 0 aromatic heterocycles. The molecule has 1 fully saturated rings. The molecule has 3 aromatic carbocycles. The Kier molecular flexibility index (Phi) is 7.05. The highest BCUT2D eigenvalue weighted by molar-refractivity contribution is 9.10. The van der Waals surface area contributed by atoms with Crippen LogP contribution in [-0.2, 0) is 14.8 Å². The molecule has 0 aliphatic carbocycles. The fourth-order valence-electron chi connectivity index (χ4n) is 3.82. The van der Waals surface area contributed by atoms with Crippen LogP contribution in [-0.4, -0.2) is 34.0 Å². The molecule has 8 heteroatoms. The van der Waals surface area contributed by atoms with E-state index in [2.05, 4.69) is 26.1 Å². The molecule has 1 N–H and O–H groups in total. The number of aryl methyl sites for hydroxylation is 1. The number of rotatable bonds is 7. The van der Waals surface area contributed by atoms with Crippen LogP contribution in [0.15, 0.2) is 82.2 Å². The topological polar surface area (TPSA) is 69.7 Å². The summed E-state index contributed by atoms with van der Waals surface area (Å²) in [6.45, 7) is 3.65. The van der Waals surface area contributed by atoms with Crippen LogP contribution in [0.3, 0.4) is 0 Å². The van der Waals surface area contributed by atoms with Gasteiger partial charge in [-0.25, -0.2) is 8.42 Å². The van der Waals surface area contributed by atoms with Crippen LogP contribution in [0.2, 0.25) is 0 Å². The van der Waals surface area contributed by atoms with Crippen molar-refractivity contribution in [2.45, 2.75) is 24.7 Å². The summed E-state index contributed by atoms with van der Waals surface area (Å²) < 4.78 is 28.8. The molecule has 1 heterocycles. The van der Waals surface area contributed by atoms with Crippen molar-refractivity contribution in [2.24, 2.45) is 0 Å². The van der Waals surface area contributed by atoms with E-state index < -0.39 is 15.9 Å². The van der Waals surface area contributed by atoms with E-state index in [-0.39, 0.29) is 11.4 Å². The van der Waals surface area contributed by atoms with E-state index in [0.29, 0.717) is 11.4 Å². The minimum atomic E-state index is -3.94. The van der Waals surface area contributed by atoms with Crippen LogP contribution in [0, 0.1) is 6.92 Å². The zero-order chi connectivity index (χ0) is 23.4. The number of nitrogens with one attached hydrogen (secondary N) is 1. The highest BCUT2D eigenvalue weighted by Gasteiger charge is 2.27. The second-order valence-electron chi connectivity index (χ2n) is 8.09. The summed E-state index contributed by atoms with van der Waals surface area (Å²) in [6, 6.07) is 21.1. The smallest absolute Gasteiger partial charge is 0.264 e. The molecule has 3 aromatic rings. The predicted octanol–water partition coefficient (Wildman–Crippen LogP) is 5.19. The first kappa shape index (κ1) is 23.3. The van der Waals surface area contributed by atoms with Gasteiger partial charge in [-0.1, -0.05) is 33.6 Å². The summed E-state index contributed by atoms with van der Waals surface area (Å²) in [5.41, 5.74) is 3.13. The van der Waals surface area contributed by atoms with Crippen LogP contribution in [0.1, 0.15) is 18.4 Å². The van der Waals surface area contributed by atoms with E-state index in [9.17, 15) is 13.2 Å². The third-order valence-corrected chi connectivity index (χ3v) is 7.95. The van der Waals surface area contributed by atoms with Crippen molar-refractivity contribution in [2.75, 3.05) is 34.2 Å². The van der Waals surface area contributed by atoms with E-state index in [4.69, 9.17) is 0 Å². The first-order chi connectivity index (χ1) is 15.8. The fourth-order valence-corrected chi connectivity index (χ4v) is 5.51. The molecular weight excluding hydrogens is 502 g/mol. The minimum absolute atomic E-state index is 0.138. The van der Waals surface area contributed by atoms with Crippen molar-refractivity contribution in [3.63, 3.8) is 0 Å². The third kappa shape index (κ3) is 5.57. The van der Waals surface area contributed by atoms with Gasteiger partial charge in [-0.15, -0.1) is 0 Å². The SMILES string of the molecule is Cc1ccc(S(=O)(=O)N(CC(=O)Nc2ccc(N3CCCC3)cc2)c2ccc(Br)cc2)cc1. The van der Waals surface area contributed by atoms with E-state index in [1.807, 2.05) is 31.2 Å². The van der Waals surface area contributed by atoms with Crippen molar-refractivity contribution in [3.05, 3.63) is 82.8 Å². The maximum Gasteiger partial charge on any atom is 0.264 e. The number of nitrogens with zero attached hydrogens (tertiary/aromatic N) is 2. The number of benzene rings is 3. The average molecular weight is 528 g/mol. The first-order valence-electron chi connectivity index (χ1n) is 10.8. The van der Waals surface area contributed by atoms with Crippen LogP contribution < -0.4 is 14.5 Å². The molecule has 0 spiro atoms. The van der Waals surface area contributed by atoms with Gasteiger partial charge in [-0.05, 0) is 80.4 Å². The molecular formula is C25H26BrN3O3S. The van der Waals surface area contributed by atoms with Crippen molar-refractivity contribution in [3.8, 4) is 0 Å². The Morgan fingerprint density at radius 3 is 2.15 bits per heavy atom. The van der Waals surface area contributed by atoms with Gasteiger partial charge in [-0.2, -0.15) is 0 Å². The van der Waals surface area contributed by atoms with E-state index in [1.54, 1.807) is 48.5 Å². The highest BCUT2D eigenvalue weighted by Crippen LogP contribution is 2.26. The zero-order valence-electron chi connectivity index (χ0n) is 18.4. The standard InChI is InChI=1S/C25H26BrN3O3S/c1-19-4-14-24(15-5-19)33(31,32)29(23-10-6-20(26)7-11-23)18-25(30)27-21-8-12-22(13-9-21)28-16-2-3-17-28/h4-15H,2-3,16-18H2,1H3,(H,27,30). The van der Waals surface area contributed by atoms with Gasteiger partial charge >= 0.3 is 0 Å². The number of hydrogen-bond acceptors (Lipinski definition) is 4. The first-order valence-corrected chi connectivity index (χ1v) is 13.1. The molecule has 0 bridgehead atoms. The zero-order valence-corrected chi connectivity index (χ0v) is 20.8. The second-order valence-corrected chi connectivity index (χ2v) is 10.9. The van der Waals surface area contributed by atoms with Gasteiger partial charge in [-0.3, -0.25) is 9.10 Å². The summed E-state index contributed by atoms with van der Waals surface area (Å²) in [6.07, 6.45) is 2.39. The minimum Gasteiger partial charge on any atom is -0.372 e. The van der Waals surface area contributed by atoms with Gasteiger partial charge in [0.15, 0.2) is 0 Å². The molecule has 4 rings (SSSR count). The molecule has 1 aliphatic heterocycles. The maximum atomic E-state index is 13.4. The van der Waals surface area contributed by atoms with Crippen molar-refractivity contribution >= 4 is 48.9 Å². The van der Waals surface area contributed by atoms with E-state index in [0.717, 1.165) is 33.1 Å². The van der Waals surface area contributed by atoms with Crippen molar-refractivity contribution in [1.82, 2.24) is 0 Å². The van der Waals surface area contributed by atoms with Gasteiger partial charge < -0.3 is 10.2 Å². The Morgan fingerprint density at radius 1 is 0.939 bits per heavy atom. The Morgan fingerprint density at radius 2 is 1.55 bits per heavy atom. The molecule has 0 saturated carbocycles. The van der Waals surface area contributed by atoms with Gasteiger partial charge in [0.1, 0.15) is 6.54 Å². The van der Waals surface area contributed by atoms with E-state index >= 15 is 0 Å². The average Bonchev–Trinajstić information content (AvgIpc) is 3.34. The number of amides is 1. The number of sulfonamides is 1. The number of anilines is 3. The Bertz CT molecular complexity index is 1210. The summed E-state index contributed by atoms with van der Waals surface area (Å²) in [5.74, 6) is -0.414. The Balaban J connectivity index is 1.55. The largest absolute Gasteiger partial charge is 0.372 e. The van der Waals surface area contributed by atoms with Crippen LogP contribution in [0.25, 0.3) is 0 Å². The van der Waals surface area contributed by atoms with Crippen LogP contribution in [0.4, 0.5) is 17.1 Å². The number of carbonyl (C=O) groups is 1. The third-order valence-electron chi connectivity index (χ3n) is 5.63. The summed E-state index contributed by atoms with van der Waals surface area (Å²) in [5, 5.41) is 2.83. The molecule has 172 valence electrons. The lowest BCUT2D eigenvalue weighted by Crippen LogP contribution is -2.38. The molecule has 0 radical (unpaired) electrons. The van der Waals surface area contributed by atoms with Gasteiger partial charge in [0.2, 0.25) is 5.91 Å². The number of halogens is 1. The fraction of sp³-hybridized carbons (Fsp3) is 0.240. The van der Waals surface area contributed by atoms with Crippen LogP contribution in [0.5, 0.6) is 0 Å². The maximum absolute atomic E-state index is 13.4. The van der Waals surface area contributed by atoms with Gasteiger partial charge in [0, 0.05) is 28.9 Å². The molecule has 1 aliphatic rings. The number of carbonyl (C=O) groups excluding carboxylic acids is 1. The summed E-state index contributed by atoms with van der Waals surface area (Å²) in [7, 11) is -3.94. The van der Waals surface area contributed by atoms with Crippen LogP contribution >= 0.6 is 15.9 Å². The number of hydrogen-bond donors (Lipinski definition) is 1. The lowest BCUT2D eigenvalue weighted by molar-refractivity contribution is -0.114. The second kappa shape index (κ2) is 9.97. The highest BCUT2D eigenvalue weighted by atomic mass is 79.9. The molecule has 1 saturated heterocycles. The Labute approximate surface area is 203 Å². The lowest BCUT2D eigenvalue weighted by atomic mass is 10.2. The Hall–Kier alpha value is -2.84. The van der Waals surface area contributed by atoms with E-state index in [1.165, 1.54) is 12.8 Å².